The summed E-state index contributed by atoms with van der Waals surface area (Å²) in [4.78, 5) is 24.2. The summed E-state index contributed by atoms with van der Waals surface area (Å²) in [7, 11) is 0. The molecule has 5 heteroatoms. The van der Waals surface area contributed by atoms with E-state index in [0.29, 0.717) is 17.5 Å². The summed E-state index contributed by atoms with van der Waals surface area (Å²) < 4.78 is 0. The van der Waals surface area contributed by atoms with Crippen molar-refractivity contribution in [1.82, 2.24) is 5.32 Å². The molecular formula is C21H30N2O3. The van der Waals surface area contributed by atoms with Crippen LogP contribution < -0.4 is 5.32 Å². The number of carboxylic acids is 1. The lowest BCUT2D eigenvalue weighted by atomic mass is 9.81. The number of nitriles is 1. The molecule has 0 bridgehead atoms. The quantitative estimate of drug-likeness (QED) is 0.569. The van der Waals surface area contributed by atoms with E-state index in [2.05, 4.69) is 12.2 Å². The van der Waals surface area contributed by atoms with Gasteiger partial charge < -0.3 is 10.4 Å². The Kier molecular flexibility index (Phi) is 8.84. The topological polar surface area (TPSA) is 90.2 Å². The fourth-order valence-corrected chi connectivity index (χ4v) is 2.83. The van der Waals surface area contributed by atoms with E-state index in [1.165, 1.54) is 19.3 Å². The van der Waals surface area contributed by atoms with E-state index in [4.69, 9.17) is 5.26 Å². The van der Waals surface area contributed by atoms with Crippen molar-refractivity contribution >= 4 is 11.9 Å². The summed E-state index contributed by atoms with van der Waals surface area (Å²) >= 11 is 0. The Morgan fingerprint density at radius 3 is 2.23 bits per heavy atom. The van der Waals surface area contributed by atoms with Gasteiger partial charge in [0, 0.05) is 11.6 Å². The van der Waals surface area contributed by atoms with Gasteiger partial charge >= 0.3 is 5.97 Å². The predicted octanol–water partition coefficient (Wildman–Crippen LogP) is 4.52. The molecule has 5 nitrogen and oxygen atoms in total. The van der Waals surface area contributed by atoms with Crippen LogP contribution in [0.5, 0.6) is 0 Å². The molecule has 1 atom stereocenters. The second kappa shape index (κ2) is 10.6. The molecule has 142 valence electrons. The average molecular weight is 358 g/mol. The molecule has 26 heavy (non-hydrogen) atoms. The number of aliphatic carboxylic acids is 1. The van der Waals surface area contributed by atoms with Gasteiger partial charge in [0.25, 0.3) is 5.91 Å². The molecule has 0 saturated carbocycles. The number of carbonyl (C=O) groups is 2. The molecule has 2 N–H and O–H groups in total. The maximum atomic E-state index is 12.5. The van der Waals surface area contributed by atoms with Crippen molar-refractivity contribution in [3.05, 3.63) is 35.4 Å². The first-order valence-corrected chi connectivity index (χ1v) is 9.37. The molecule has 0 aromatic heterocycles. The molecule has 1 aromatic carbocycles. The molecule has 0 heterocycles. The van der Waals surface area contributed by atoms with Crippen LogP contribution in [-0.4, -0.2) is 23.0 Å². The predicted molar refractivity (Wildman–Crippen MR) is 102 cm³/mol. The molecule has 1 rings (SSSR count). The lowest BCUT2D eigenvalue weighted by Gasteiger charge is -2.31. The van der Waals surface area contributed by atoms with Crippen LogP contribution in [0.4, 0.5) is 0 Å². The zero-order chi connectivity index (χ0) is 19.6. The first kappa shape index (κ1) is 21.7. The summed E-state index contributed by atoms with van der Waals surface area (Å²) in [5.41, 5.74) is -0.139. The highest BCUT2D eigenvalue weighted by Gasteiger charge is 2.37. The molecule has 1 amide bonds. The number of benzene rings is 1. The zero-order valence-corrected chi connectivity index (χ0v) is 16.0. The number of rotatable bonds is 11. The van der Waals surface area contributed by atoms with Gasteiger partial charge in [-0.1, -0.05) is 45.4 Å². The summed E-state index contributed by atoms with van der Waals surface area (Å²) in [5.74, 6) is -1.23. The number of nitrogens with one attached hydrogen (secondary N) is 1. The van der Waals surface area contributed by atoms with Gasteiger partial charge in [0.1, 0.15) is 0 Å². The smallest absolute Gasteiger partial charge is 0.311 e. The lowest BCUT2D eigenvalue weighted by Crippen LogP contribution is -2.49. The molecule has 0 aliphatic carbocycles. The maximum Gasteiger partial charge on any atom is 0.311 e. The SMILES string of the molecule is CCCCCCCCC(NC(=O)c1ccc(C#N)cc1)C(C)(C)C(=O)O. The van der Waals surface area contributed by atoms with Gasteiger partial charge in [-0.2, -0.15) is 5.26 Å². The van der Waals surface area contributed by atoms with Crippen LogP contribution in [0.1, 0.15) is 81.6 Å². The van der Waals surface area contributed by atoms with Gasteiger partial charge in [0.05, 0.1) is 17.0 Å². The standard InChI is InChI=1S/C21H30N2O3/c1-4-5-6-7-8-9-10-18(21(2,3)20(25)26)23-19(24)17-13-11-16(15-22)12-14-17/h11-14,18H,4-10H2,1-3H3,(H,23,24)(H,25,26). The van der Waals surface area contributed by atoms with Crippen molar-refractivity contribution < 1.29 is 14.7 Å². The second-order valence-corrected chi connectivity index (χ2v) is 7.30. The van der Waals surface area contributed by atoms with Crippen LogP contribution in [0, 0.1) is 16.7 Å². The number of amides is 1. The van der Waals surface area contributed by atoms with Crippen molar-refractivity contribution in [2.24, 2.45) is 5.41 Å². The van der Waals surface area contributed by atoms with Crippen molar-refractivity contribution in [2.45, 2.75) is 71.8 Å². The molecule has 0 fully saturated rings. The first-order valence-electron chi connectivity index (χ1n) is 9.37. The summed E-state index contributed by atoms with van der Waals surface area (Å²) in [6.07, 6.45) is 7.30. The van der Waals surface area contributed by atoms with Gasteiger partial charge in [-0.25, -0.2) is 0 Å². The monoisotopic (exact) mass is 358 g/mol. The Hall–Kier alpha value is -2.35. The third-order valence-corrected chi connectivity index (χ3v) is 4.85. The Bertz CT molecular complexity index is 630. The van der Waals surface area contributed by atoms with Crippen molar-refractivity contribution in [3.8, 4) is 6.07 Å². The molecule has 1 unspecified atom stereocenters. The Morgan fingerprint density at radius 1 is 1.12 bits per heavy atom. The largest absolute Gasteiger partial charge is 0.481 e. The molecule has 1 aromatic rings. The van der Waals surface area contributed by atoms with E-state index in [1.807, 2.05) is 6.07 Å². The number of nitrogens with zero attached hydrogens (tertiary/aromatic N) is 1. The average Bonchev–Trinajstić information content (AvgIpc) is 2.63. The molecule has 0 aliphatic rings. The van der Waals surface area contributed by atoms with E-state index in [-0.39, 0.29) is 5.91 Å². The van der Waals surface area contributed by atoms with E-state index < -0.39 is 17.4 Å². The van der Waals surface area contributed by atoms with Gasteiger partial charge in [-0.15, -0.1) is 0 Å². The lowest BCUT2D eigenvalue weighted by molar-refractivity contribution is -0.148. The Balaban J connectivity index is 2.73. The van der Waals surface area contributed by atoms with E-state index in [0.717, 1.165) is 19.3 Å². The van der Waals surface area contributed by atoms with E-state index >= 15 is 0 Å². The van der Waals surface area contributed by atoms with E-state index in [1.54, 1.807) is 38.1 Å². The van der Waals surface area contributed by atoms with Gasteiger partial charge in [0.2, 0.25) is 0 Å². The molecule has 0 radical (unpaired) electrons. The summed E-state index contributed by atoms with van der Waals surface area (Å²) in [6.45, 7) is 5.47. The van der Waals surface area contributed by atoms with Gasteiger partial charge in [-0.3, -0.25) is 9.59 Å². The zero-order valence-electron chi connectivity index (χ0n) is 16.0. The first-order chi connectivity index (χ1) is 12.3. The van der Waals surface area contributed by atoms with Gasteiger partial charge in [-0.05, 0) is 44.5 Å². The highest BCUT2D eigenvalue weighted by atomic mass is 16.4. The summed E-state index contributed by atoms with van der Waals surface area (Å²) in [5, 5.41) is 21.3. The number of carboxylic acid groups (broad SMARTS) is 1. The Labute approximate surface area is 156 Å². The van der Waals surface area contributed by atoms with Gasteiger partial charge in [0.15, 0.2) is 0 Å². The van der Waals surface area contributed by atoms with Crippen LogP contribution in [0.15, 0.2) is 24.3 Å². The third kappa shape index (κ3) is 6.51. The van der Waals surface area contributed by atoms with Crippen LogP contribution in [0.25, 0.3) is 0 Å². The molecule has 0 spiro atoms. The van der Waals surface area contributed by atoms with Crippen LogP contribution in [0.3, 0.4) is 0 Å². The second-order valence-electron chi connectivity index (χ2n) is 7.30. The fourth-order valence-electron chi connectivity index (χ4n) is 2.83. The van der Waals surface area contributed by atoms with Crippen molar-refractivity contribution in [3.63, 3.8) is 0 Å². The van der Waals surface area contributed by atoms with Crippen molar-refractivity contribution in [1.29, 1.82) is 5.26 Å². The molecular weight excluding hydrogens is 328 g/mol. The highest BCUT2D eigenvalue weighted by molar-refractivity contribution is 5.95. The minimum Gasteiger partial charge on any atom is -0.481 e. The number of carbonyl (C=O) groups excluding carboxylic acids is 1. The third-order valence-electron chi connectivity index (χ3n) is 4.85. The number of hydrogen-bond acceptors (Lipinski definition) is 3. The minimum absolute atomic E-state index is 0.306. The minimum atomic E-state index is -1.05. The molecule has 0 aliphatic heterocycles. The highest BCUT2D eigenvalue weighted by Crippen LogP contribution is 2.26. The summed E-state index contributed by atoms with van der Waals surface area (Å²) in [6, 6.07) is 7.90. The van der Waals surface area contributed by atoms with Crippen molar-refractivity contribution in [2.75, 3.05) is 0 Å². The molecule has 0 saturated heterocycles. The number of unbranched alkanes of at least 4 members (excludes halogenated alkanes) is 5. The van der Waals surface area contributed by atoms with Crippen LogP contribution >= 0.6 is 0 Å². The normalized spacial score (nSPS) is 12.2. The van der Waals surface area contributed by atoms with Crippen LogP contribution in [0.2, 0.25) is 0 Å². The number of hydrogen-bond donors (Lipinski definition) is 2. The fraction of sp³-hybridized carbons (Fsp3) is 0.571. The van der Waals surface area contributed by atoms with E-state index in [9.17, 15) is 14.7 Å². The maximum absolute atomic E-state index is 12.5. The Morgan fingerprint density at radius 2 is 1.69 bits per heavy atom. The van der Waals surface area contributed by atoms with Crippen LogP contribution in [-0.2, 0) is 4.79 Å².